The molecule has 3 aromatic rings. The Labute approximate surface area is 217 Å². The summed E-state index contributed by atoms with van der Waals surface area (Å²) < 4.78 is 33.0. The van der Waals surface area contributed by atoms with Gasteiger partial charge in [-0.15, -0.1) is 0 Å². The second kappa shape index (κ2) is 12.6. The van der Waals surface area contributed by atoms with Crippen LogP contribution < -0.4 is 5.32 Å². The molecule has 1 saturated heterocycles. The molecule has 0 radical (unpaired) electrons. The molecule has 0 saturated carbocycles. The fourth-order valence-electron chi connectivity index (χ4n) is 4.67. The van der Waals surface area contributed by atoms with Crippen molar-refractivity contribution < 1.29 is 22.9 Å². The number of aromatic nitrogens is 1. The van der Waals surface area contributed by atoms with Gasteiger partial charge in [-0.1, -0.05) is 69.2 Å². The summed E-state index contributed by atoms with van der Waals surface area (Å²) >= 11 is 0. The van der Waals surface area contributed by atoms with Crippen molar-refractivity contribution in [2.24, 2.45) is 5.92 Å². The van der Waals surface area contributed by atoms with E-state index in [1.165, 1.54) is 18.3 Å². The van der Waals surface area contributed by atoms with Gasteiger partial charge in [-0.2, -0.15) is 0 Å². The molecule has 0 spiro atoms. The summed E-state index contributed by atoms with van der Waals surface area (Å²) in [6, 6.07) is 11.8. The molecule has 1 fully saturated rings. The van der Waals surface area contributed by atoms with E-state index in [9.17, 15) is 18.4 Å². The molecule has 2 aromatic carbocycles. The summed E-state index contributed by atoms with van der Waals surface area (Å²) in [4.78, 5) is 28.2. The average Bonchev–Trinajstić information content (AvgIpc) is 3.60. The zero-order valence-corrected chi connectivity index (χ0v) is 22.0. The van der Waals surface area contributed by atoms with Crippen molar-refractivity contribution in [1.82, 2.24) is 15.4 Å². The van der Waals surface area contributed by atoms with Crippen LogP contribution in [0.2, 0.25) is 0 Å². The Hall–Kier alpha value is -3.55. The Morgan fingerprint density at radius 2 is 1.76 bits per heavy atom. The van der Waals surface area contributed by atoms with E-state index in [0.29, 0.717) is 24.3 Å². The summed E-state index contributed by atoms with van der Waals surface area (Å²) in [6.07, 6.45) is 2.85. The van der Waals surface area contributed by atoms with E-state index >= 15 is 0 Å². The van der Waals surface area contributed by atoms with E-state index < -0.39 is 23.6 Å². The zero-order valence-electron chi connectivity index (χ0n) is 22.0. The summed E-state index contributed by atoms with van der Waals surface area (Å²) in [5, 5.41) is 6.73. The van der Waals surface area contributed by atoms with Gasteiger partial charge in [-0.25, -0.2) is 8.78 Å². The third-order valence-corrected chi connectivity index (χ3v) is 6.57. The van der Waals surface area contributed by atoms with Crippen LogP contribution in [-0.4, -0.2) is 34.5 Å². The van der Waals surface area contributed by atoms with Gasteiger partial charge in [0, 0.05) is 18.2 Å². The molecule has 3 unspecified atom stereocenters. The number of rotatable bonds is 7. The predicted molar refractivity (Wildman–Crippen MR) is 139 cm³/mol. The highest BCUT2D eigenvalue weighted by atomic mass is 19.2. The summed E-state index contributed by atoms with van der Waals surface area (Å²) in [7, 11) is 0. The third-order valence-electron chi connectivity index (χ3n) is 6.57. The van der Waals surface area contributed by atoms with E-state index in [2.05, 4.69) is 10.5 Å². The fourth-order valence-corrected chi connectivity index (χ4v) is 4.67. The largest absolute Gasteiger partial charge is 0.361 e. The highest BCUT2D eigenvalue weighted by Gasteiger charge is 2.40. The molecule has 6 nitrogen and oxygen atoms in total. The molecule has 2 amide bonds. The summed E-state index contributed by atoms with van der Waals surface area (Å²) in [6.45, 7) is 10.2. The minimum absolute atomic E-state index is 0.0138. The average molecular weight is 512 g/mol. The van der Waals surface area contributed by atoms with Crippen molar-refractivity contribution in [3.8, 4) is 11.1 Å². The molecule has 198 valence electrons. The number of benzene rings is 2. The standard InChI is InChI=1S/C27H29F2N3O3.C2H6/c1-16(2)24(23-13-14-30-35-23)27(34)32-15-5-8-22(32)26(33)31-17(3)18-9-11-19(12-10-18)20-6-4-7-21(28)25(20)29;1-2/h4,6-7,9-14,16-17,22,24H,5,8,15H2,1-3H3,(H,31,33);1-2H3. The SMILES string of the molecule is CC.CC(NC(=O)C1CCCN1C(=O)C(c1ccno1)C(C)C)c1ccc(-c2cccc(F)c2F)cc1. The molecule has 3 atom stereocenters. The first kappa shape index (κ1) is 28.0. The maximum Gasteiger partial charge on any atom is 0.243 e. The molecule has 37 heavy (non-hydrogen) atoms. The van der Waals surface area contributed by atoms with Crippen LogP contribution in [-0.2, 0) is 9.59 Å². The van der Waals surface area contributed by atoms with E-state index in [1.807, 2.05) is 34.6 Å². The molecule has 1 aliphatic heterocycles. The Kier molecular flexibility index (Phi) is 9.55. The summed E-state index contributed by atoms with van der Waals surface area (Å²) in [5.74, 6) is -2.16. The molecule has 1 aromatic heterocycles. The normalized spacial score (nSPS) is 16.6. The van der Waals surface area contributed by atoms with Crippen molar-refractivity contribution in [3.05, 3.63) is 77.7 Å². The monoisotopic (exact) mass is 511 g/mol. The first-order chi connectivity index (χ1) is 17.8. The highest BCUT2D eigenvalue weighted by molar-refractivity contribution is 5.91. The van der Waals surface area contributed by atoms with Gasteiger partial charge in [0.2, 0.25) is 11.8 Å². The van der Waals surface area contributed by atoms with Gasteiger partial charge in [0.05, 0.1) is 12.2 Å². The van der Waals surface area contributed by atoms with Crippen LogP contribution >= 0.6 is 0 Å². The second-order valence-electron chi connectivity index (χ2n) is 9.28. The van der Waals surface area contributed by atoms with Crippen molar-refractivity contribution >= 4 is 11.8 Å². The minimum Gasteiger partial charge on any atom is -0.361 e. The Morgan fingerprint density at radius 3 is 2.38 bits per heavy atom. The van der Waals surface area contributed by atoms with Crippen molar-refractivity contribution in [1.29, 1.82) is 0 Å². The molecule has 4 rings (SSSR count). The van der Waals surface area contributed by atoms with Gasteiger partial charge in [0.1, 0.15) is 17.7 Å². The number of carbonyl (C=O) groups is 2. The van der Waals surface area contributed by atoms with Crippen LogP contribution in [0.5, 0.6) is 0 Å². The van der Waals surface area contributed by atoms with Gasteiger partial charge >= 0.3 is 0 Å². The lowest BCUT2D eigenvalue weighted by atomic mass is 9.91. The number of nitrogens with zero attached hydrogens (tertiary/aromatic N) is 2. The van der Waals surface area contributed by atoms with Crippen LogP contribution in [0.15, 0.2) is 59.3 Å². The van der Waals surface area contributed by atoms with E-state index in [4.69, 9.17) is 4.52 Å². The lowest BCUT2D eigenvalue weighted by molar-refractivity contribution is -0.141. The van der Waals surface area contributed by atoms with Crippen molar-refractivity contribution in [3.63, 3.8) is 0 Å². The van der Waals surface area contributed by atoms with Crippen molar-refractivity contribution in [2.45, 2.75) is 65.5 Å². The smallest absolute Gasteiger partial charge is 0.243 e. The predicted octanol–water partition coefficient (Wildman–Crippen LogP) is 6.25. The third kappa shape index (κ3) is 6.24. The van der Waals surface area contributed by atoms with E-state index in [-0.39, 0.29) is 29.3 Å². The molecular formula is C29H35F2N3O3. The minimum atomic E-state index is -0.897. The fraction of sp³-hybridized carbons (Fsp3) is 0.414. The maximum absolute atomic E-state index is 14.1. The number of carbonyl (C=O) groups excluding carboxylic acids is 2. The van der Waals surface area contributed by atoms with Gasteiger partial charge in [0.15, 0.2) is 11.6 Å². The van der Waals surface area contributed by atoms with Gasteiger partial charge in [-0.05, 0) is 42.9 Å². The first-order valence-electron chi connectivity index (χ1n) is 12.8. The van der Waals surface area contributed by atoms with Crippen molar-refractivity contribution in [2.75, 3.05) is 6.54 Å². The molecular weight excluding hydrogens is 476 g/mol. The van der Waals surface area contributed by atoms with Gasteiger partial charge in [0.25, 0.3) is 0 Å². The van der Waals surface area contributed by atoms with Crippen LogP contribution in [0.25, 0.3) is 11.1 Å². The van der Waals surface area contributed by atoms with Crippen LogP contribution in [0.3, 0.4) is 0 Å². The number of likely N-dealkylation sites (tertiary alicyclic amines) is 1. The second-order valence-corrected chi connectivity index (χ2v) is 9.28. The quantitative estimate of drug-likeness (QED) is 0.407. The number of halogens is 2. The van der Waals surface area contributed by atoms with Crippen LogP contribution in [0.1, 0.15) is 70.7 Å². The Balaban J connectivity index is 0.00000186. The Bertz CT molecular complexity index is 1180. The van der Waals surface area contributed by atoms with E-state index in [1.54, 1.807) is 35.2 Å². The molecule has 0 aliphatic carbocycles. The molecule has 0 bridgehead atoms. The topological polar surface area (TPSA) is 75.4 Å². The number of hydrogen-bond acceptors (Lipinski definition) is 4. The van der Waals surface area contributed by atoms with Gasteiger partial charge < -0.3 is 14.7 Å². The lowest BCUT2D eigenvalue weighted by Crippen LogP contribution is -2.48. The molecule has 2 heterocycles. The number of amides is 2. The highest BCUT2D eigenvalue weighted by Crippen LogP contribution is 2.31. The molecule has 1 aliphatic rings. The van der Waals surface area contributed by atoms with E-state index in [0.717, 1.165) is 18.1 Å². The zero-order chi connectivity index (χ0) is 27.1. The van der Waals surface area contributed by atoms with Gasteiger partial charge in [-0.3, -0.25) is 9.59 Å². The number of nitrogens with one attached hydrogen (secondary N) is 1. The maximum atomic E-state index is 14.1. The molecule has 8 heteroatoms. The van der Waals surface area contributed by atoms with Crippen LogP contribution in [0.4, 0.5) is 8.78 Å². The lowest BCUT2D eigenvalue weighted by Gasteiger charge is -2.29. The first-order valence-corrected chi connectivity index (χ1v) is 12.8. The number of hydrogen-bond donors (Lipinski definition) is 1. The van der Waals surface area contributed by atoms with Crippen LogP contribution in [0, 0.1) is 17.6 Å². The summed E-state index contributed by atoms with van der Waals surface area (Å²) in [5.41, 5.74) is 1.54. The molecule has 1 N–H and O–H groups in total. The Morgan fingerprint density at radius 1 is 1.05 bits per heavy atom.